The number of aliphatic imine (C=N–C) groups is 1. The van der Waals surface area contributed by atoms with Crippen LogP contribution in [0.2, 0.25) is 0 Å². The highest BCUT2D eigenvalue weighted by molar-refractivity contribution is 14.0. The van der Waals surface area contributed by atoms with Crippen LogP contribution in [-0.2, 0) is 13.1 Å². The van der Waals surface area contributed by atoms with Gasteiger partial charge in [-0.05, 0) is 44.9 Å². The number of nitrogens with one attached hydrogen (secondary N) is 2. The van der Waals surface area contributed by atoms with Gasteiger partial charge >= 0.3 is 0 Å². The normalized spacial score (nSPS) is 16.0. The maximum Gasteiger partial charge on any atom is 0.191 e. The molecule has 1 saturated carbocycles. The molecule has 0 heterocycles. The first-order chi connectivity index (χ1) is 11.6. The van der Waals surface area contributed by atoms with Crippen molar-refractivity contribution < 1.29 is 0 Å². The van der Waals surface area contributed by atoms with Crippen molar-refractivity contribution in [3.8, 4) is 0 Å². The third kappa shape index (κ3) is 7.52. The molecule has 0 bridgehead atoms. The van der Waals surface area contributed by atoms with Gasteiger partial charge in [0.15, 0.2) is 5.96 Å². The quantitative estimate of drug-likeness (QED) is 0.383. The number of hydrogen-bond donors (Lipinski definition) is 2. The first-order valence-electron chi connectivity index (χ1n) is 9.34. The van der Waals surface area contributed by atoms with Gasteiger partial charge in [-0.3, -0.25) is 9.89 Å². The Bertz CT molecular complexity index is 524. The maximum absolute atomic E-state index is 4.29. The summed E-state index contributed by atoms with van der Waals surface area (Å²) in [4.78, 5) is 6.83. The van der Waals surface area contributed by atoms with E-state index in [2.05, 4.69) is 65.7 Å². The lowest BCUT2D eigenvalue weighted by Gasteiger charge is -2.31. The van der Waals surface area contributed by atoms with Crippen molar-refractivity contribution in [2.75, 3.05) is 14.1 Å². The topological polar surface area (TPSA) is 39.7 Å². The summed E-state index contributed by atoms with van der Waals surface area (Å²) >= 11 is 0. The molecule has 1 aliphatic rings. The number of rotatable bonds is 6. The van der Waals surface area contributed by atoms with E-state index < -0.39 is 0 Å². The molecule has 5 heteroatoms. The molecule has 0 saturated heterocycles. The van der Waals surface area contributed by atoms with Crippen molar-refractivity contribution in [2.45, 2.75) is 71.1 Å². The third-order valence-electron chi connectivity index (χ3n) is 4.83. The Balaban J connectivity index is 0.00000312. The monoisotopic (exact) mass is 458 g/mol. The van der Waals surface area contributed by atoms with Crippen LogP contribution in [0.5, 0.6) is 0 Å². The average Bonchev–Trinajstić information content (AvgIpc) is 2.60. The Hall–Kier alpha value is -0.820. The molecular formula is C20H35IN4. The minimum absolute atomic E-state index is 0. The van der Waals surface area contributed by atoms with E-state index in [1.54, 1.807) is 0 Å². The molecular weight excluding hydrogens is 423 g/mol. The van der Waals surface area contributed by atoms with E-state index in [0.29, 0.717) is 6.04 Å². The number of nitrogens with zero attached hydrogens (tertiary/aromatic N) is 2. The highest BCUT2D eigenvalue weighted by Gasteiger charge is 2.18. The molecule has 0 radical (unpaired) electrons. The first-order valence-corrected chi connectivity index (χ1v) is 9.34. The van der Waals surface area contributed by atoms with Gasteiger partial charge in [-0.15, -0.1) is 24.0 Å². The molecule has 1 fully saturated rings. The van der Waals surface area contributed by atoms with Crippen LogP contribution in [0.3, 0.4) is 0 Å². The predicted octanol–water partition coefficient (Wildman–Crippen LogP) is 4.14. The zero-order valence-corrected chi connectivity index (χ0v) is 18.5. The van der Waals surface area contributed by atoms with Crippen molar-refractivity contribution in [3.05, 3.63) is 35.4 Å². The van der Waals surface area contributed by atoms with Crippen molar-refractivity contribution in [1.29, 1.82) is 0 Å². The molecule has 2 N–H and O–H groups in total. The van der Waals surface area contributed by atoms with E-state index in [0.717, 1.165) is 25.1 Å². The average molecular weight is 458 g/mol. The molecule has 1 aromatic rings. The van der Waals surface area contributed by atoms with E-state index in [-0.39, 0.29) is 24.0 Å². The molecule has 0 unspecified atom stereocenters. The van der Waals surface area contributed by atoms with Gasteiger partial charge in [0, 0.05) is 32.2 Å². The largest absolute Gasteiger partial charge is 0.354 e. The lowest BCUT2D eigenvalue weighted by molar-refractivity contribution is 0.184. The standard InChI is InChI=1S/C20H34N4.HI/c1-16(2)23-20(21-3)22-14-17-10-8-9-11-18(17)15-24(4)19-12-6-5-7-13-19;/h8-11,16,19H,5-7,12-15H2,1-4H3,(H2,21,22,23);1H. The number of halogens is 1. The predicted molar refractivity (Wildman–Crippen MR) is 119 cm³/mol. The summed E-state index contributed by atoms with van der Waals surface area (Å²) in [6.45, 7) is 6.08. The SMILES string of the molecule is CN=C(NCc1ccccc1CN(C)C1CCCCC1)NC(C)C.I. The summed E-state index contributed by atoms with van der Waals surface area (Å²) in [6.07, 6.45) is 6.88. The fraction of sp³-hybridized carbons (Fsp3) is 0.650. The summed E-state index contributed by atoms with van der Waals surface area (Å²) in [5.74, 6) is 0.862. The third-order valence-corrected chi connectivity index (χ3v) is 4.83. The summed E-state index contributed by atoms with van der Waals surface area (Å²) in [7, 11) is 4.10. The van der Waals surface area contributed by atoms with Crippen LogP contribution in [0, 0.1) is 0 Å². The fourth-order valence-corrected chi connectivity index (χ4v) is 3.45. The summed E-state index contributed by atoms with van der Waals surface area (Å²) in [5.41, 5.74) is 2.77. The van der Waals surface area contributed by atoms with Crippen LogP contribution < -0.4 is 10.6 Å². The molecule has 142 valence electrons. The van der Waals surface area contributed by atoms with E-state index >= 15 is 0 Å². The van der Waals surface area contributed by atoms with Crippen molar-refractivity contribution in [3.63, 3.8) is 0 Å². The zero-order chi connectivity index (χ0) is 17.4. The Morgan fingerprint density at radius 1 is 1.16 bits per heavy atom. The zero-order valence-electron chi connectivity index (χ0n) is 16.2. The van der Waals surface area contributed by atoms with E-state index in [4.69, 9.17) is 0 Å². The lowest BCUT2D eigenvalue weighted by Crippen LogP contribution is -2.40. The number of hydrogen-bond acceptors (Lipinski definition) is 2. The van der Waals surface area contributed by atoms with Crippen LogP contribution in [0.25, 0.3) is 0 Å². The van der Waals surface area contributed by atoms with Gasteiger partial charge in [0.1, 0.15) is 0 Å². The number of guanidine groups is 1. The van der Waals surface area contributed by atoms with Gasteiger partial charge in [0.25, 0.3) is 0 Å². The van der Waals surface area contributed by atoms with Crippen LogP contribution in [-0.4, -0.2) is 37.0 Å². The summed E-state index contributed by atoms with van der Waals surface area (Å²) < 4.78 is 0. The van der Waals surface area contributed by atoms with Crippen LogP contribution >= 0.6 is 24.0 Å². The Kier molecular flexibility index (Phi) is 10.4. The van der Waals surface area contributed by atoms with Gasteiger partial charge in [-0.1, -0.05) is 43.5 Å². The van der Waals surface area contributed by atoms with Gasteiger partial charge in [-0.25, -0.2) is 0 Å². The molecule has 25 heavy (non-hydrogen) atoms. The lowest BCUT2D eigenvalue weighted by atomic mass is 9.94. The highest BCUT2D eigenvalue weighted by atomic mass is 127. The molecule has 0 spiro atoms. The Morgan fingerprint density at radius 3 is 2.40 bits per heavy atom. The Labute approximate surface area is 170 Å². The van der Waals surface area contributed by atoms with Crippen molar-refractivity contribution in [1.82, 2.24) is 15.5 Å². The molecule has 0 amide bonds. The van der Waals surface area contributed by atoms with Gasteiger partial charge in [-0.2, -0.15) is 0 Å². The molecule has 0 aromatic heterocycles. The minimum atomic E-state index is 0. The molecule has 0 atom stereocenters. The van der Waals surface area contributed by atoms with Crippen LogP contribution in [0.4, 0.5) is 0 Å². The summed E-state index contributed by atoms with van der Waals surface area (Å²) in [6, 6.07) is 9.88. The van der Waals surface area contributed by atoms with Gasteiger partial charge < -0.3 is 10.6 Å². The highest BCUT2D eigenvalue weighted by Crippen LogP contribution is 2.23. The first kappa shape index (κ1) is 22.2. The second-order valence-corrected chi connectivity index (χ2v) is 7.20. The van der Waals surface area contributed by atoms with Crippen LogP contribution in [0.1, 0.15) is 57.1 Å². The Morgan fingerprint density at radius 2 is 1.80 bits per heavy atom. The van der Waals surface area contributed by atoms with Crippen molar-refractivity contribution >= 4 is 29.9 Å². The minimum Gasteiger partial charge on any atom is -0.354 e. The fourth-order valence-electron chi connectivity index (χ4n) is 3.45. The van der Waals surface area contributed by atoms with Crippen LogP contribution in [0.15, 0.2) is 29.3 Å². The number of benzene rings is 1. The second-order valence-electron chi connectivity index (χ2n) is 7.20. The molecule has 1 aromatic carbocycles. The van der Waals surface area contributed by atoms with E-state index in [1.165, 1.54) is 43.2 Å². The van der Waals surface area contributed by atoms with Gasteiger partial charge in [0.05, 0.1) is 0 Å². The molecule has 0 aliphatic heterocycles. The van der Waals surface area contributed by atoms with Crippen molar-refractivity contribution in [2.24, 2.45) is 4.99 Å². The van der Waals surface area contributed by atoms with E-state index in [9.17, 15) is 0 Å². The second kappa shape index (κ2) is 11.7. The van der Waals surface area contributed by atoms with Gasteiger partial charge in [0.2, 0.25) is 0 Å². The molecule has 2 rings (SSSR count). The maximum atomic E-state index is 4.29. The summed E-state index contributed by atoms with van der Waals surface area (Å²) in [5, 5.41) is 6.77. The molecule has 4 nitrogen and oxygen atoms in total. The molecule has 1 aliphatic carbocycles. The van der Waals surface area contributed by atoms with E-state index in [1.807, 2.05) is 7.05 Å². The smallest absolute Gasteiger partial charge is 0.191 e.